The quantitative estimate of drug-likeness (QED) is 0.495. The van der Waals surface area contributed by atoms with Crippen LogP contribution in [0.5, 0.6) is 0 Å². The second kappa shape index (κ2) is 8.45. The zero-order valence-electron chi connectivity index (χ0n) is 13.0. The van der Waals surface area contributed by atoms with Gasteiger partial charge in [-0.05, 0) is 36.1 Å². The number of thiophene rings is 1. The number of primary amides is 1. The van der Waals surface area contributed by atoms with Crippen LogP contribution in [-0.4, -0.2) is 22.3 Å². The van der Waals surface area contributed by atoms with E-state index in [0.29, 0.717) is 18.3 Å². The van der Waals surface area contributed by atoms with Crippen LogP contribution in [0.4, 0.5) is 9.18 Å². The minimum absolute atomic E-state index is 0.280. The van der Waals surface area contributed by atoms with Crippen LogP contribution in [0, 0.1) is 17.7 Å². The number of hydrogen-bond donors (Lipinski definition) is 2. The molecule has 2 amide bonds. The maximum Gasteiger partial charge on any atom is 0.339 e. The number of hydrogen-bond acceptors (Lipinski definition) is 4. The number of rotatable bonds is 5. The van der Waals surface area contributed by atoms with Crippen molar-refractivity contribution in [3.8, 4) is 11.8 Å². The van der Waals surface area contributed by atoms with Gasteiger partial charge in [-0.1, -0.05) is 24.0 Å². The summed E-state index contributed by atoms with van der Waals surface area (Å²) in [4.78, 5) is 11.6. The molecule has 0 aliphatic rings. The molecular formula is C17H17FN2O3S. The average Bonchev–Trinajstić information content (AvgIpc) is 3.01. The SMILES string of the molecule is C[C@H](C#Cc1sccc1COCc1ccc(F)cc1)N(O)C(N)=O. The summed E-state index contributed by atoms with van der Waals surface area (Å²) in [6, 6.07) is 6.36. The molecule has 0 aliphatic carbocycles. The van der Waals surface area contributed by atoms with Gasteiger partial charge < -0.3 is 10.5 Å². The lowest BCUT2D eigenvalue weighted by atomic mass is 10.2. The lowest BCUT2D eigenvalue weighted by Crippen LogP contribution is -2.38. The number of hydroxylamine groups is 2. The summed E-state index contributed by atoms with van der Waals surface area (Å²) in [6.45, 7) is 2.29. The Bertz CT molecular complexity index is 749. The molecule has 5 nitrogen and oxygen atoms in total. The average molecular weight is 348 g/mol. The minimum Gasteiger partial charge on any atom is -0.372 e. The van der Waals surface area contributed by atoms with Crippen molar-refractivity contribution < 1.29 is 19.1 Å². The normalized spacial score (nSPS) is 11.5. The molecule has 0 saturated carbocycles. The molecule has 2 rings (SSSR count). The number of benzene rings is 1. The first-order valence-corrected chi connectivity index (χ1v) is 8.03. The van der Waals surface area contributed by atoms with Crippen LogP contribution in [0.3, 0.4) is 0 Å². The monoisotopic (exact) mass is 348 g/mol. The van der Waals surface area contributed by atoms with Crippen molar-refractivity contribution in [2.45, 2.75) is 26.2 Å². The van der Waals surface area contributed by atoms with Crippen molar-refractivity contribution in [1.29, 1.82) is 0 Å². The largest absolute Gasteiger partial charge is 0.372 e. The molecule has 0 unspecified atom stereocenters. The van der Waals surface area contributed by atoms with Gasteiger partial charge in [0.25, 0.3) is 0 Å². The molecule has 7 heteroatoms. The van der Waals surface area contributed by atoms with Crippen molar-refractivity contribution >= 4 is 17.4 Å². The Morgan fingerprint density at radius 3 is 2.75 bits per heavy atom. The molecule has 24 heavy (non-hydrogen) atoms. The number of halogens is 1. The smallest absolute Gasteiger partial charge is 0.339 e. The van der Waals surface area contributed by atoms with E-state index in [-0.39, 0.29) is 5.82 Å². The van der Waals surface area contributed by atoms with Crippen LogP contribution in [0.15, 0.2) is 35.7 Å². The first-order valence-electron chi connectivity index (χ1n) is 7.15. The van der Waals surface area contributed by atoms with Gasteiger partial charge in [0.2, 0.25) is 0 Å². The molecule has 1 heterocycles. The van der Waals surface area contributed by atoms with E-state index in [4.69, 9.17) is 10.5 Å². The first kappa shape index (κ1) is 17.9. The van der Waals surface area contributed by atoms with Gasteiger partial charge in [0, 0.05) is 5.56 Å². The molecule has 1 atom stereocenters. The molecule has 1 aromatic carbocycles. The zero-order valence-corrected chi connectivity index (χ0v) is 13.8. The third-order valence-corrected chi connectivity index (χ3v) is 4.05. The van der Waals surface area contributed by atoms with E-state index in [0.717, 1.165) is 16.0 Å². The number of carbonyl (C=O) groups is 1. The van der Waals surface area contributed by atoms with Crippen molar-refractivity contribution in [3.63, 3.8) is 0 Å². The minimum atomic E-state index is -0.953. The van der Waals surface area contributed by atoms with Crippen molar-refractivity contribution in [3.05, 3.63) is 57.5 Å². The Balaban J connectivity index is 1.93. The summed E-state index contributed by atoms with van der Waals surface area (Å²) < 4.78 is 18.5. The molecule has 0 radical (unpaired) electrons. The molecule has 1 aromatic heterocycles. The van der Waals surface area contributed by atoms with Crippen LogP contribution >= 0.6 is 11.3 Å². The summed E-state index contributed by atoms with van der Waals surface area (Å²) in [5, 5.41) is 11.7. The van der Waals surface area contributed by atoms with Crippen LogP contribution in [0.2, 0.25) is 0 Å². The third kappa shape index (κ3) is 5.06. The Kier molecular flexibility index (Phi) is 6.32. The van der Waals surface area contributed by atoms with E-state index in [1.807, 2.05) is 11.4 Å². The molecule has 2 aromatic rings. The van der Waals surface area contributed by atoms with E-state index < -0.39 is 12.1 Å². The summed E-state index contributed by atoms with van der Waals surface area (Å²) in [7, 11) is 0. The zero-order chi connectivity index (χ0) is 17.5. The van der Waals surface area contributed by atoms with E-state index >= 15 is 0 Å². The van der Waals surface area contributed by atoms with Crippen molar-refractivity contribution in [2.75, 3.05) is 0 Å². The highest BCUT2D eigenvalue weighted by Crippen LogP contribution is 2.17. The highest BCUT2D eigenvalue weighted by atomic mass is 32.1. The molecule has 0 fully saturated rings. The Hall–Kier alpha value is -2.40. The lowest BCUT2D eigenvalue weighted by molar-refractivity contribution is -0.0536. The second-order valence-corrected chi connectivity index (χ2v) is 5.94. The fourth-order valence-electron chi connectivity index (χ4n) is 1.84. The van der Waals surface area contributed by atoms with Gasteiger partial charge in [0.05, 0.1) is 18.1 Å². The molecule has 0 bridgehead atoms. The van der Waals surface area contributed by atoms with E-state index in [1.165, 1.54) is 23.5 Å². The summed E-state index contributed by atoms with van der Waals surface area (Å²) >= 11 is 1.44. The van der Waals surface area contributed by atoms with E-state index in [9.17, 15) is 14.4 Å². The van der Waals surface area contributed by atoms with Crippen LogP contribution in [0.25, 0.3) is 0 Å². The highest BCUT2D eigenvalue weighted by Gasteiger charge is 2.12. The topological polar surface area (TPSA) is 75.8 Å². The van der Waals surface area contributed by atoms with Gasteiger partial charge >= 0.3 is 6.03 Å². The van der Waals surface area contributed by atoms with Crippen LogP contribution < -0.4 is 5.73 Å². The Morgan fingerprint density at radius 2 is 2.08 bits per heavy atom. The molecule has 0 aliphatic heterocycles. The van der Waals surface area contributed by atoms with E-state index in [2.05, 4.69) is 11.8 Å². The summed E-state index contributed by atoms with van der Waals surface area (Å²) in [5.74, 6) is 5.39. The van der Waals surface area contributed by atoms with Gasteiger partial charge in [0.15, 0.2) is 0 Å². The van der Waals surface area contributed by atoms with Gasteiger partial charge in [-0.25, -0.2) is 9.18 Å². The number of amides is 2. The molecule has 3 N–H and O–H groups in total. The summed E-state index contributed by atoms with van der Waals surface area (Å²) in [6.07, 6.45) is 0. The van der Waals surface area contributed by atoms with Gasteiger partial charge in [-0.15, -0.1) is 11.3 Å². The Labute approximate surface area is 143 Å². The number of nitrogens with two attached hydrogens (primary N) is 1. The molecular weight excluding hydrogens is 331 g/mol. The second-order valence-electron chi connectivity index (χ2n) is 5.02. The fourth-order valence-corrected chi connectivity index (χ4v) is 2.61. The van der Waals surface area contributed by atoms with Crippen LogP contribution in [-0.2, 0) is 18.0 Å². The van der Waals surface area contributed by atoms with Gasteiger partial charge in [-0.3, -0.25) is 5.21 Å². The maximum atomic E-state index is 12.8. The number of carbonyl (C=O) groups excluding carboxylic acids is 1. The highest BCUT2D eigenvalue weighted by molar-refractivity contribution is 7.10. The van der Waals surface area contributed by atoms with Crippen LogP contribution in [0.1, 0.15) is 22.9 Å². The summed E-state index contributed by atoms with van der Waals surface area (Å²) in [5.41, 5.74) is 6.76. The first-order chi connectivity index (χ1) is 11.5. The van der Waals surface area contributed by atoms with Gasteiger partial charge in [-0.2, -0.15) is 5.06 Å². The number of nitrogens with zero attached hydrogens (tertiary/aromatic N) is 1. The van der Waals surface area contributed by atoms with Crippen molar-refractivity contribution in [2.24, 2.45) is 5.73 Å². The predicted molar refractivity (Wildman–Crippen MR) is 88.8 cm³/mol. The van der Waals surface area contributed by atoms with Crippen molar-refractivity contribution in [1.82, 2.24) is 5.06 Å². The molecule has 0 spiro atoms. The molecule has 126 valence electrons. The van der Waals surface area contributed by atoms with Gasteiger partial charge in [0.1, 0.15) is 11.9 Å². The number of ether oxygens (including phenoxy) is 1. The molecule has 0 saturated heterocycles. The maximum absolute atomic E-state index is 12.8. The predicted octanol–water partition coefficient (Wildman–Crippen LogP) is 3.11. The van der Waals surface area contributed by atoms with E-state index in [1.54, 1.807) is 19.1 Å². The third-order valence-electron chi connectivity index (χ3n) is 3.17. The fraction of sp³-hybridized carbons (Fsp3) is 0.235. The lowest BCUT2D eigenvalue weighted by Gasteiger charge is -2.14. The Morgan fingerprint density at radius 1 is 1.38 bits per heavy atom. The number of urea groups is 1. The standard InChI is InChI=1S/C17H17FN2O3S/c1-12(20(22)17(19)21)2-7-16-14(8-9-24-16)11-23-10-13-3-5-15(18)6-4-13/h3-6,8-9,12,22H,10-11H2,1H3,(H2,19,21)/t12-/m1/s1.